The molecular formula is C16H21NO3. The molecule has 1 saturated carbocycles. The molecular weight excluding hydrogens is 254 g/mol. The molecule has 108 valence electrons. The molecule has 0 aromatic heterocycles. The van der Waals surface area contributed by atoms with Crippen LogP contribution in [0.2, 0.25) is 0 Å². The first-order valence-electron chi connectivity index (χ1n) is 6.96. The Kier molecular flexibility index (Phi) is 5.16. The highest BCUT2D eigenvalue weighted by molar-refractivity contribution is 5.91. The number of ether oxygens (including phenoxy) is 1. The molecule has 0 heterocycles. The van der Waals surface area contributed by atoms with E-state index in [-0.39, 0.29) is 11.9 Å². The smallest absolute Gasteiger partial charge is 0.309 e. The van der Waals surface area contributed by atoms with Crippen LogP contribution < -0.4 is 0 Å². The predicted molar refractivity (Wildman–Crippen MR) is 77.4 cm³/mol. The van der Waals surface area contributed by atoms with E-state index in [1.165, 1.54) is 12.7 Å². The molecule has 0 aliphatic heterocycles. The minimum atomic E-state index is -0.146. The van der Waals surface area contributed by atoms with Gasteiger partial charge in [0.1, 0.15) is 7.11 Å². The Morgan fingerprint density at radius 3 is 2.65 bits per heavy atom. The van der Waals surface area contributed by atoms with Gasteiger partial charge in [-0.15, -0.1) is 0 Å². The van der Waals surface area contributed by atoms with E-state index < -0.39 is 0 Å². The van der Waals surface area contributed by atoms with Gasteiger partial charge in [-0.05, 0) is 24.8 Å². The lowest BCUT2D eigenvalue weighted by Gasteiger charge is -2.28. The van der Waals surface area contributed by atoms with Crippen molar-refractivity contribution in [1.82, 2.24) is 0 Å². The lowest BCUT2D eigenvalue weighted by atomic mass is 9.78. The Labute approximate surface area is 119 Å². The van der Waals surface area contributed by atoms with Crippen molar-refractivity contribution in [2.75, 3.05) is 14.2 Å². The highest BCUT2D eigenvalue weighted by Gasteiger charge is 2.32. The number of methoxy groups -OCH3 is 1. The quantitative estimate of drug-likeness (QED) is 0.627. The molecule has 4 heteroatoms. The minimum absolute atomic E-state index is 0.0825. The summed E-state index contributed by atoms with van der Waals surface area (Å²) in [6.07, 6.45) is 3.37. The number of esters is 1. The van der Waals surface area contributed by atoms with E-state index in [1.807, 2.05) is 18.2 Å². The highest BCUT2D eigenvalue weighted by atomic mass is 16.6. The van der Waals surface area contributed by atoms with Crippen LogP contribution in [0.15, 0.2) is 35.5 Å². The molecule has 20 heavy (non-hydrogen) atoms. The van der Waals surface area contributed by atoms with Crippen LogP contribution in [0.5, 0.6) is 0 Å². The second-order valence-corrected chi connectivity index (χ2v) is 5.15. The third kappa shape index (κ3) is 3.59. The molecule has 4 nitrogen and oxygen atoms in total. The lowest BCUT2D eigenvalue weighted by Crippen LogP contribution is -2.31. The van der Waals surface area contributed by atoms with Crippen molar-refractivity contribution in [2.24, 2.45) is 17.0 Å². The number of hydrogen-bond acceptors (Lipinski definition) is 4. The minimum Gasteiger partial charge on any atom is -0.469 e. The summed E-state index contributed by atoms with van der Waals surface area (Å²) in [7, 11) is 2.99. The number of nitrogens with zero attached hydrogens (tertiary/aromatic N) is 1. The average molecular weight is 275 g/mol. The predicted octanol–water partition coefficient (Wildman–Crippen LogP) is 2.82. The molecule has 2 rings (SSSR count). The third-order valence-electron chi connectivity index (χ3n) is 3.86. The van der Waals surface area contributed by atoms with E-state index >= 15 is 0 Å². The summed E-state index contributed by atoms with van der Waals surface area (Å²) in [6, 6.07) is 10.3. The van der Waals surface area contributed by atoms with Gasteiger partial charge in [0.15, 0.2) is 0 Å². The summed E-state index contributed by atoms with van der Waals surface area (Å²) in [5, 5.41) is 4.14. The van der Waals surface area contributed by atoms with Crippen molar-refractivity contribution >= 4 is 11.7 Å². The molecule has 1 aromatic carbocycles. The van der Waals surface area contributed by atoms with Gasteiger partial charge in [0.05, 0.1) is 18.7 Å². The Bertz CT molecular complexity index is 470. The number of carbonyl (C=O) groups excluding carboxylic acids is 1. The maximum absolute atomic E-state index is 11.7. The topological polar surface area (TPSA) is 47.9 Å². The van der Waals surface area contributed by atoms with E-state index in [9.17, 15) is 4.79 Å². The van der Waals surface area contributed by atoms with Crippen molar-refractivity contribution in [3.8, 4) is 0 Å². The molecule has 0 spiro atoms. The van der Waals surface area contributed by atoms with Gasteiger partial charge in [0.2, 0.25) is 0 Å². The summed E-state index contributed by atoms with van der Waals surface area (Å²) in [5.41, 5.74) is 2.26. The summed E-state index contributed by atoms with van der Waals surface area (Å²) in [6.45, 7) is 0. The normalized spacial score (nSPS) is 24.4. The first kappa shape index (κ1) is 14.6. The molecule has 2 atom stereocenters. The molecule has 1 fully saturated rings. The van der Waals surface area contributed by atoms with Gasteiger partial charge in [-0.3, -0.25) is 4.79 Å². The van der Waals surface area contributed by atoms with Gasteiger partial charge in [0.25, 0.3) is 0 Å². The first-order chi connectivity index (χ1) is 9.74. The van der Waals surface area contributed by atoms with E-state index in [0.717, 1.165) is 25.0 Å². The van der Waals surface area contributed by atoms with Crippen molar-refractivity contribution < 1.29 is 14.4 Å². The fourth-order valence-electron chi connectivity index (χ4n) is 2.81. The molecule has 1 aliphatic carbocycles. The Balaban J connectivity index is 2.06. The zero-order chi connectivity index (χ0) is 14.4. The summed E-state index contributed by atoms with van der Waals surface area (Å²) < 4.78 is 4.83. The standard InChI is InChI=1S/C16H21NO3/c1-19-16(18)14-9-8-13(15(11-14)17-20-2)10-12-6-4-3-5-7-12/h3-7,13-14H,8-11H2,1-2H3/t13-,14-/m0/s1. The van der Waals surface area contributed by atoms with Gasteiger partial charge in [-0.1, -0.05) is 35.5 Å². The number of benzene rings is 1. The largest absolute Gasteiger partial charge is 0.469 e. The molecule has 0 bridgehead atoms. The SMILES string of the molecule is CON=C1C[C@@H](C(=O)OC)CC[C@H]1Cc1ccccc1. The molecule has 0 unspecified atom stereocenters. The van der Waals surface area contributed by atoms with Crippen molar-refractivity contribution in [3.05, 3.63) is 35.9 Å². The van der Waals surface area contributed by atoms with E-state index in [4.69, 9.17) is 9.57 Å². The fraction of sp³-hybridized carbons (Fsp3) is 0.500. The van der Waals surface area contributed by atoms with Crippen LogP contribution in [0.3, 0.4) is 0 Å². The van der Waals surface area contributed by atoms with E-state index in [1.54, 1.807) is 7.11 Å². The number of oxime groups is 1. The molecule has 0 amide bonds. The highest BCUT2D eigenvalue weighted by Crippen LogP contribution is 2.30. The van der Waals surface area contributed by atoms with Crippen molar-refractivity contribution in [3.63, 3.8) is 0 Å². The molecule has 0 saturated heterocycles. The van der Waals surface area contributed by atoms with Crippen LogP contribution in [0.25, 0.3) is 0 Å². The van der Waals surface area contributed by atoms with E-state index in [2.05, 4.69) is 17.3 Å². The molecule has 0 N–H and O–H groups in total. The van der Waals surface area contributed by atoms with Crippen LogP contribution in [-0.2, 0) is 20.8 Å². The maximum Gasteiger partial charge on any atom is 0.309 e. The van der Waals surface area contributed by atoms with Crippen LogP contribution in [-0.4, -0.2) is 25.9 Å². The van der Waals surface area contributed by atoms with E-state index in [0.29, 0.717) is 12.3 Å². The van der Waals surface area contributed by atoms with Gasteiger partial charge in [-0.2, -0.15) is 0 Å². The summed E-state index contributed by atoms with van der Waals surface area (Å²) >= 11 is 0. The molecule has 1 aliphatic rings. The molecule has 0 radical (unpaired) electrons. The van der Waals surface area contributed by atoms with Gasteiger partial charge >= 0.3 is 5.97 Å². The monoisotopic (exact) mass is 275 g/mol. The second kappa shape index (κ2) is 7.08. The fourth-order valence-corrected chi connectivity index (χ4v) is 2.81. The first-order valence-corrected chi connectivity index (χ1v) is 6.96. The zero-order valence-electron chi connectivity index (χ0n) is 12.0. The molecule has 1 aromatic rings. The number of hydrogen-bond donors (Lipinski definition) is 0. The Hall–Kier alpha value is -1.84. The van der Waals surface area contributed by atoms with Crippen LogP contribution in [0.4, 0.5) is 0 Å². The van der Waals surface area contributed by atoms with Gasteiger partial charge < -0.3 is 9.57 Å². The van der Waals surface area contributed by atoms with Crippen LogP contribution >= 0.6 is 0 Å². The van der Waals surface area contributed by atoms with Crippen molar-refractivity contribution in [2.45, 2.75) is 25.7 Å². The maximum atomic E-state index is 11.7. The summed E-state index contributed by atoms with van der Waals surface area (Å²) in [4.78, 5) is 16.6. The van der Waals surface area contributed by atoms with Gasteiger partial charge in [0, 0.05) is 12.3 Å². The Morgan fingerprint density at radius 1 is 1.25 bits per heavy atom. The number of carbonyl (C=O) groups is 1. The van der Waals surface area contributed by atoms with Crippen molar-refractivity contribution in [1.29, 1.82) is 0 Å². The van der Waals surface area contributed by atoms with Crippen LogP contribution in [0, 0.1) is 11.8 Å². The lowest BCUT2D eigenvalue weighted by molar-refractivity contribution is -0.145. The van der Waals surface area contributed by atoms with Gasteiger partial charge in [-0.25, -0.2) is 0 Å². The average Bonchev–Trinajstić information content (AvgIpc) is 2.49. The van der Waals surface area contributed by atoms with Crippen LogP contribution in [0.1, 0.15) is 24.8 Å². The zero-order valence-corrected chi connectivity index (χ0v) is 12.0. The Morgan fingerprint density at radius 2 is 2.00 bits per heavy atom. The summed E-state index contributed by atoms with van der Waals surface area (Å²) in [5.74, 6) is 0.117. The number of rotatable bonds is 4. The third-order valence-corrected chi connectivity index (χ3v) is 3.86. The second-order valence-electron chi connectivity index (χ2n) is 5.15.